The molecule has 114 valence electrons. The SMILES string of the molecule is O=C(O)c1nn(-c2ccccc2)c2c1C(Br)Sc1ccccc1-2. The van der Waals surface area contributed by atoms with Crippen molar-refractivity contribution in [3.05, 3.63) is 65.9 Å². The summed E-state index contributed by atoms with van der Waals surface area (Å²) in [4.78, 5) is 12.8. The van der Waals surface area contributed by atoms with E-state index in [9.17, 15) is 9.90 Å². The van der Waals surface area contributed by atoms with Crippen LogP contribution in [0.1, 0.15) is 20.2 Å². The van der Waals surface area contributed by atoms with E-state index in [4.69, 9.17) is 0 Å². The van der Waals surface area contributed by atoms with Crippen LogP contribution in [-0.4, -0.2) is 20.9 Å². The number of hydrogen-bond donors (Lipinski definition) is 1. The van der Waals surface area contributed by atoms with Crippen LogP contribution in [0, 0.1) is 0 Å². The zero-order valence-corrected chi connectivity index (χ0v) is 14.2. The first-order chi connectivity index (χ1) is 11.2. The number of halogens is 1. The van der Waals surface area contributed by atoms with Gasteiger partial charge in [-0.3, -0.25) is 0 Å². The Morgan fingerprint density at radius 1 is 1.13 bits per heavy atom. The van der Waals surface area contributed by atoms with E-state index in [1.54, 1.807) is 16.4 Å². The maximum atomic E-state index is 11.7. The standard InChI is InChI=1S/C17H11BrN2O2S/c18-16-13-14(17(21)22)19-20(10-6-2-1-3-7-10)15(13)11-8-4-5-9-12(11)23-16/h1-9,16H,(H,21,22). The molecule has 2 heterocycles. The Bertz CT molecular complexity index is 908. The molecule has 23 heavy (non-hydrogen) atoms. The second-order valence-electron chi connectivity index (χ2n) is 5.09. The van der Waals surface area contributed by atoms with Crippen molar-refractivity contribution in [2.45, 2.75) is 9.05 Å². The first-order valence-electron chi connectivity index (χ1n) is 6.98. The molecule has 0 radical (unpaired) electrons. The number of thioether (sulfide) groups is 1. The molecule has 1 unspecified atom stereocenters. The van der Waals surface area contributed by atoms with Gasteiger partial charge in [0.15, 0.2) is 5.69 Å². The van der Waals surface area contributed by atoms with Crippen LogP contribution in [0.25, 0.3) is 16.9 Å². The number of rotatable bonds is 2. The molecule has 6 heteroatoms. The predicted molar refractivity (Wildman–Crippen MR) is 93.5 cm³/mol. The van der Waals surface area contributed by atoms with Crippen molar-refractivity contribution in [1.29, 1.82) is 0 Å². The minimum Gasteiger partial charge on any atom is -0.476 e. The van der Waals surface area contributed by atoms with Crippen LogP contribution < -0.4 is 0 Å². The monoisotopic (exact) mass is 386 g/mol. The van der Waals surface area contributed by atoms with Gasteiger partial charge in [-0.15, -0.1) is 11.8 Å². The zero-order valence-electron chi connectivity index (χ0n) is 11.8. The molecular weight excluding hydrogens is 376 g/mol. The van der Waals surface area contributed by atoms with Gasteiger partial charge >= 0.3 is 5.97 Å². The fourth-order valence-electron chi connectivity index (χ4n) is 2.75. The van der Waals surface area contributed by atoms with Gasteiger partial charge in [-0.05, 0) is 18.2 Å². The summed E-state index contributed by atoms with van der Waals surface area (Å²) in [6.07, 6.45) is 0. The number of carbonyl (C=O) groups is 1. The van der Waals surface area contributed by atoms with Crippen molar-refractivity contribution in [3.8, 4) is 16.9 Å². The molecule has 0 saturated carbocycles. The third-order valence-corrected chi connectivity index (χ3v) is 5.80. The third kappa shape index (κ3) is 2.29. The number of alkyl halides is 1. The summed E-state index contributed by atoms with van der Waals surface area (Å²) in [6.45, 7) is 0. The molecule has 0 bridgehead atoms. The summed E-state index contributed by atoms with van der Waals surface area (Å²) in [6, 6.07) is 17.6. The van der Waals surface area contributed by atoms with E-state index in [2.05, 4.69) is 21.0 Å². The van der Waals surface area contributed by atoms with Crippen LogP contribution in [0.5, 0.6) is 0 Å². The van der Waals surface area contributed by atoms with Crippen LogP contribution in [0.2, 0.25) is 0 Å². The zero-order chi connectivity index (χ0) is 16.0. The van der Waals surface area contributed by atoms with Gasteiger partial charge in [-0.1, -0.05) is 52.3 Å². The molecule has 4 nitrogen and oxygen atoms in total. The molecule has 1 aromatic heterocycles. The summed E-state index contributed by atoms with van der Waals surface area (Å²) < 4.78 is 1.59. The number of aromatic carboxylic acids is 1. The largest absolute Gasteiger partial charge is 0.476 e. The number of carboxylic acid groups (broad SMARTS) is 1. The molecule has 2 aromatic carbocycles. The Hall–Kier alpha value is -2.05. The van der Waals surface area contributed by atoms with Gasteiger partial charge in [0.25, 0.3) is 0 Å². The lowest BCUT2D eigenvalue weighted by Crippen LogP contribution is -2.04. The molecule has 0 saturated heterocycles. The third-order valence-electron chi connectivity index (χ3n) is 3.72. The number of carboxylic acids is 1. The summed E-state index contributed by atoms with van der Waals surface area (Å²) in [5, 5.41) is 13.9. The average Bonchev–Trinajstić information content (AvgIpc) is 2.97. The fourth-order valence-corrected chi connectivity index (χ4v) is 4.80. The smallest absolute Gasteiger partial charge is 0.356 e. The molecular formula is C17H11BrN2O2S. The lowest BCUT2D eigenvalue weighted by molar-refractivity contribution is 0.0689. The Morgan fingerprint density at radius 2 is 1.83 bits per heavy atom. The Morgan fingerprint density at radius 3 is 2.57 bits per heavy atom. The van der Waals surface area contributed by atoms with E-state index in [0.29, 0.717) is 5.56 Å². The van der Waals surface area contributed by atoms with Gasteiger partial charge in [0.1, 0.15) is 0 Å². The van der Waals surface area contributed by atoms with E-state index in [-0.39, 0.29) is 9.85 Å². The normalized spacial score (nSPS) is 15.8. The lowest BCUT2D eigenvalue weighted by atomic mass is 10.1. The molecule has 0 fully saturated rings. The number of fused-ring (bicyclic) bond motifs is 3. The van der Waals surface area contributed by atoms with Crippen LogP contribution in [-0.2, 0) is 0 Å². The number of hydrogen-bond acceptors (Lipinski definition) is 3. The molecule has 3 aromatic rings. The average molecular weight is 387 g/mol. The number of nitrogens with zero attached hydrogens (tertiary/aromatic N) is 2. The van der Waals surface area contributed by atoms with Crippen LogP contribution >= 0.6 is 27.7 Å². The first kappa shape index (κ1) is 14.5. The Labute approximate surface area is 145 Å². The molecule has 4 rings (SSSR count). The van der Waals surface area contributed by atoms with Crippen molar-refractivity contribution >= 4 is 33.7 Å². The minimum absolute atomic E-state index is 0.0905. The second-order valence-corrected chi connectivity index (χ2v) is 7.76. The topological polar surface area (TPSA) is 55.1 Å². The van der Waals surface area contributed by atoms with Gasteiger partial charge in [0.2, 0.25) is 0 Å². The maximum absolute atomic E-state index is 11.7. The highest BCUT2D eigenvalue weighted by Gasteiger charge is 2.34. The summed E-state index contributed by atoms with van der Waals surface area (Å²) in [5.74, 6) is -1.01. The van der Waals surface area contributed by atoms with E-state index in [0.717, 1.165) is 21.8 Å². The predicted octanol–water partition coefficient (Wildman–Crippen LogP) is 4.74. The quantitative estimate of drug-likeness (QED) is 0.646. The van der Waals surface area contributed by atoms with Gasteiger partial charge in [-0.25, -0.2) is 9.48 Å². The van der Waals surface area contributed by atoms with Crippen molar-refractivity contribution in [1.82, 2.24) is 9.78 Å². The van der Waals surface area contributed by atoms with E-state index in [1.165, 1.54) is 0 Å². The van der Waals surface area contributed by atoms with Crippen LogP contribution in [0.15, 0.2) is 59.5 Å². The number of para-hydroxylation sites is 1. The molecule has 1 N–H and O–H groups in total. The minimum atomic E-state index is -1.01. The molecule has 1 atom stereocenters. The van der Waals surface area contributed by atoms with Gasteiger partial charge in [0, 0.05) is 16.0 Å². The van der Waals surface area contributed by atoms with Crippen LogP contribution in [0.4, 0.5) is 0 Å². The molecule has 1 aliphatic heterocycles. The Balaban J connectivity index is 2.08. The molecule has 0 aliphatic carbocycles. The Kier molecular flexibility index (Phi) is 3.50. The van der Waals surface area contributed by atoms with Crippen LogP contribution in [0.3, 0.4) is 0 Å². The van der Waals surface area contributed by atoms with E-state index in [1.807, 2.05) is 54.6 Å². The fraction of sp³-hybridized carbons (Fsp3) is 0.0588. The van der Waals surface area contributed by atoms with Crippen molar-refractivity contribution < 1.29 is 9.90 Å². The first-order valence-corrected chi connectivity index (χ1v) is 8.78. The van der Waals surface area contributed by atoms with Gasteiger partial charge in [-0.2, -0.15) is 5.10 Å². The highest BCUT2D eigenvalue weighted by Crippen LogP contribution is 2.53. The lowest BCUT2D eigenvalue weighted by Gasteiger charge is -2.21. The molecule has 1 aliphatic rings. The van der Waals surface area contributed by atoms with E-state index < -0.39 is 5.97 Å². The highest BCUT2D eigenvalue weighted by molar-refractivity contribution is 9.11. The summed E-state index contributed by atoms with van der Waals surface area (Å²) >= 11 is 5.20. The number of benzene rings is 2. The highest BCUT2D eigenvalue weighted by atomic mass is 79.9. The molecule has 0 amide bonds. The maximum Gasteiger partial charge on any atom is 0.356 e. The van der Waals surface area contributed by atoms with Crippen molar-refractivity contribution in [2.24, 2.45) is 0 Å². The second kappa shape index (κ2) is 5.54. The van der Waals surface area contributed by atoms with Crippen molar-refractivity contribution in [3.63, 3.8) is 0 Å². The van der Waals surface area contributed by atoms with Gasteiger partial charge in [0.05, 0.1) is 15.5 Å². The number of aromatic nitrogens is 2. The van der Waals surface area contributed by atoms with Gasteiger partial charge < -0.3 is 5.11 Å². The van der Waals surface area contributed by atoms with Crippen molar-refractivity contribution in [2.75, 3.05) is 0 Å². The van der Waals surface area contributed by atoms with E-state index >= 15 is 0 Å². The summed E-state index contributed by atoms with van der Waals surface area (Å²) in [5.41, 5.74) is 3.49. The summed E-state index contributed by atoms with van der Waals surface area (Å²) in [7, 11) is 0. The molecule has 0 spiro atoms.